The zero-order valence-electron chi connectivity index (χ0n) is 10.1. The van der Waals surface area contributed by atoms with Crippen LogP contribution in [0, 0.1) is 10.1 Å². The molecule has 0 aliphatic carbocycles. The molecule has 0 unspecified atom stereocenters. The Kier molecular flexibility index (Phi) is 3.84. The van der Waals surface area contributed by atoms with Crippen LogP contribution in [0.25, 0.3) is 0 Å². The Labute approximate surface area is 99.1 Å². The normalized spacial score (nSPS) is 11.2. The number of pyridine rings is 1. The van der Waals surface area contributed by atoms with Crippen molar-refractivity contribution < 1.29 is 9.66 Å². The lowest BCUT2D eigenvalue weighted by Crippen LogP contribution is -2.32. The minimum absolute atomic E-state index is 0.102. The van der Waals surface area contributed by atoms with Crippen LogP contribution < -0.4 is 11.1 Å². The predicted molar refractivity (Wildman–Crippen MR) is 64.9 cm³/mol. The molecule has 0 fully saturated rings. The number of nitrogens with zero attached hydrogens (tertiary/aromatic N) is 2. The number of aromatic nitrogens is 1. The molecule has 94 valence electrons. The molecule has 0 aliphatic heterocycles. The number of methoxy groups -OCH3 is 1. The summed E-state index contributed by atoms with van der Waals surface area (Å²) in [6.07, 6.45) is 0. The number of rotatable bonds is 5. The van der Waals surface area contributed by atoms with Gasteiger partial charge in [-0.25, -0.2) is 4.98 Å². The molecular weight excluding hydrogens is 224 g/mol. The first-order chi connectivity index (χ1) is 7.85. The van der Waals surface area contributed by atoms with Gasteiger partial charge < -0.3 is 15.8 Å². The summed E-state index contributed by atoms with van der Waals surface area (Å²) in [5, 5.41) is 13.5. The molecule has 1 rings (SSSR count). The van der Waals surface area contributed by atoms with E-state index in [1.54, 1.807) is 7.11 Å². The number of hydrogen-bond acceptors (Lipinski definition) is 6. The van der Waals surface area contributed by atoms with Crippen LogP contribution in [0.5, 0.6) is 0 Å². The molecule has 0 saturated heterocycles. The maximum Gasteiger partial charge on any atom is 0.311 e. The summed E-state index contributed by atoms with van der Waals surface area (Å²) in [7, 11) is 1.61. The first-order valence-electron chi connectivity index (χ1n) is 5.05. The summed E-state index contributed by atoms with van der Waals surface area (Å²) in [5.41, 5.74) is 4.93. The molecule has 0 spiro atoms. The Balaban J connectivity index is 2.75. The van der Waals surface area contributed by atoms with Crippen LogP contribution in [0.3, 0.4) is 0 Å². The highest BCUT2D eigenvalue weighted by molar-refractivity contribution is 5.57. The molecule has 7 heteroatoms. The first kappa shape index (κ1) is 13.2. The standard InChI is InChI=1S/C10H16N4O3/c1-10(2,17-3)6-12-8-5-4-7(14(15)16)9(11)13-8/h4-5H,6H2,1-3H3,(H3,11,12,13). The van der Waals surface area contributed by atoms with Crippen LogP contribution in [0.4, 0.5) is 17.3 Å². The Morgan fingerprint density at radius 3 is 2.71 bits per heavy atom. The van der Waals surface area contributed by atoms with Gasteiger partial charge in [0.1, 0.15) is 5.82 Å². The van der Waals surface area contributed by atoms with E-state index in [1.807, 2.05) is 13.8 Å². The van der Waals surface area contributed by atoms with Gasteiger partial charge in [-0.3, -0.25) is 10.1 Å². The lowest BCUT2D eigenvalue weighted by atomic mass is 10.1. The minimum Gasteiger partial charge on any atom is -0.378 e. The fraction of sp³-hybridized carbons (Fsp3) is 0.500. The van der Waals surface area contributed by atoms with Crippen molar-refractivity contribution in [2.45, 2.75) is 19.4 Å². The number of nitro groups is 1. The number of anilines is 2. The van der Waals surface area contributed by atoms with E-state index in [2.05, 4.69) is 10.3 Å². The number of ether oxygens (including phenoxy) is 1. The van der Waals surface area contributed by atoms with E-state index in [4.69, 9.17) is 10.5 Å². The fourth-order valence-electron chi connectivity index (χ4n) is 1.10. The third-order valence-corrected chi connectivity index (χ3v) is 2.35. The molecule has 17 heavy (non-hydrogen) atoms. The van der Waals surface area contributed by atoms with Gasteiger partial charge in [-0.15, -0.1) is 0 Å². The van der Waals surface area contributed by atoms with E-state index in [9.17, 15) is 10.1 Å². The molecule has 7 nitrogen and oxygen atoms in total. The molecule has 3 N–H and O–H groups in total. The van der Waals surface area contributed by atoms with Crippen molar-refractivity contribution in [2.24, 2.45) is 0 Å². The molecule has 0 amide bonds. The van der Waals surface area contributed by atoms with Crippen molar-refractivity contribution in [3.05, 3.63) is 22.2 Å². The second-order valence-corrected chi connectivity index (χ2v) is 4.18. The van der Waals surface area contributed by atoms with Crippen LogP contribution in [0.15, 0.2) is 12.1 Å². The van der Waals surface area contributed by atoms with E-state index in [-0.39, 0.29) is 17.1 Å². The molecule has 0 atom stereocenters. The molecule has 1 aromatic heterocycles. The smallest absolute Gasteiger partial charge is 0.311 e. The Bertz CT molecular complexity index is 420. The largest absolute Gasteiger partial charge is 0.378 e. The van der Waals surface area contributed by atoms with E-state index < -0.39 is 4.92 Å². The van der Waals surface area contributed by atoms with Crippen molar-refractivity contribution in [1.29, 1.82) is 0 Å². The maximum atomic E-state index is 10.5. The number of nitrogen functional groups attached to an aromatic ring is 1. The van der Waals surface area contributed by atoms with Crippen LogP contribution in [-0.4, -0.2) is 29.2 Å². The average Bonchev–Trinajstić information content (AvgIpc) is 2.26. The van der Waals surface area contributed by atoms with Gasteiger partial charge in [0.25, 0.3) is 0 Å². The number of hydrogen-bond donors (Lipinski definition) is 2. The quantitative estimate of drug-likeness (QED) is 0.595. The van der Waals surface area contributed by atoms with E-state index in [1.165, 1.54) is 12.1 Å². The summed E-state index contributed by atoms with van der Waals surface area (Å²) in [6.45, 7) is 4.34. The third kappa shape index (κ3) is 3.56. The molecular formula is C10H16N4O3. The van der Waals surface area contributed by atoms with Crippen molar-refractivity contribution >= 4 is 17.3 Å². The van der Waals surface area contributed by atoms with Crippen LogP contribution in [-0.2, 0) is 4.74 Å². The van der Waals surface area contributed by atoms with Crippen LogP contribution in [0.1, 0.15) is 13.8 Å². The van der Waals surface area contributed by atoms with E-state index >= 15 is 0 Å². The lowest BCUT2D eigenvalue weighted by molar-refractivity contribution is -0.384. The summed E-state index contributed by atoms with van der Waals surface area (Å²) in [4.78, 5) is 13.9. The Hall–Kier alpha value is -1.89. The highest BCUT2D eigenvalue weighted by Crippen LogP contribution is 2.21. The molecule has 0 aliphatic rings. The van der Waals surface area contributed by atoms with Gasteiger partial charge in [-0.05, 0) is 19.9 Å². The highest BCUT2D eigenvalue weighted by atomic mass is 16.6. The molecule has 1 heterocycles. The number of nitrogens with two attached hydrogens (primary N) is 1. The van der Waals surface area contributed by atoms with Gasteiger partial charge in [-0.2, -0.15) is 0 Å². The second kappa shape index (κ2) is 4.96. The van der Waals surface area contributed by atoms with Crippen molar-refractivity contribution in [3.63, 3.8) is 0 Å². The molecule has 1 aromatic rings. The molecule has 0 saturated carbocycles. The zero-order chi connectivity index (χ0) is 13.1. The van der Waals surface area contributed by atoms with Gasteiger partial charge in [0.2, 0.25) is 5.82 Å². The second-order valence-electron chi connectivity index (χ2n) is 4.18. The van der Waals surface area contributed by atoms with Gasteiger partial charge >= 0.3 is 5.69 Å². The minimum atomic E-state index is -0.564. The van der Waals surface area contributed by atoms with E-state index in [0.717, 1.165) is 0 Å². The summed E-state index contributed by atoms with van der Waals surface area (Å²) < 4.78 is 5.22. The van der Waals surface area contributed by atoms with Gasteiger partial charge in [-0.1, -0.05) is 0 Å². The topological polar surface area (TPSA) is 103 Å². The van der Waals surface area contributed by atoms with Crippen LogP contribution in [0.2, 0.25) is 0 Å². The Morgan fingerprint density at radius 2 is 2.24 bits per heavy atom. The molecule has 0 aromatic carbocycles. The number of nitrogens with one attached hydrogen (secondary N) is 1. The lowest BCUT2D eigenvalue weighted by Gasteiger charge is -2.23. The monoisotopic (exact) mass is 240 g/mol. The maximum absolute atomic E-state index is 10.5. The third-order valence-electron chi connectivity index (χ3n) is 2.35. The first-order valence-corrected chi connectivity index (χ1v) is 5.05. The zero-order valence-corrected chi connectivity index (χ0v) is 10.1. The van der Waals surface area contributed by atoms with Crippen LogP contribution >= 0.6 is 0 Å². The van der Waals surface area contributed by atoms with Gasteiger partial charge in [0, 0.05) is 19.7 Å². The van der Waals surface area contributed by atoms with Gasteiger partial charge in [0.15, 0.2) is 0 Å². The highest BCUT2D eigenvalue weighted by Gasteiger charge is 2.17. The van der Waals surface area contributed by atoms with E-state index in [0.29, 0.717) is 12.4 Å². The van der Waals surface area contributed by atoms with Gasteiger partial charge in [0.05, 0.1) is 10.5 Å². The Morgan fingerprint density at radius 1 is 1.59 bits per heavy atom. The summed E-state index contributed by atoms with van der Waals surface area (Å²) in [5.74, 6) is 0.383. The fourth-order valence-corrected chi connectivity index (χ4v) is 1.10. The van der Waals surface area contributed by atoms with Crippen molar-refractivity contribution in [3.8, 4) is 0 Å². The summed E-state index contributed by atoms with van der Waals surface area (Å²) >= 11 is 0. The van der Waals surface area contributed by atoms with Crippen molar-refractivity contribution in [2.75, 3.05) is 24.7 Å². The van der Waals surface area contributed by atoms with Crippen molar-refractivity contribution in [1.82, 2.24) is 4.98 Å². The predicted octanol–water partition coefficient (Wildman–Crippen LogP) is 1.41. The summed E-state index contributed by atoms with van der Waals surface area (Å²) in [6, 6.07) is 2.84. The molecule has 0 radical (unpaired) electrons. The average molecular weight is 240 g/mol. The molecule has 0 bridgehead atoms. The SMILES string of the molecule is COC(C)(C)CNc1ccc([N+](=O)[O-])c(N)n1.